The molecule has 0 bridgehead atoms. The largest absolute Gasteiger partial charge is 0.462 e. The second-order valence-electron chi connectivity index (χ2n) is 7.49. The maximum Gasteiger partial charge on any atom is 0.343 e. The van der Waals surface area contributed by atoms with E-state index in [1.165, 1.54) is 12.3 Å². The molecule has 27 heavy (non-hydrogen) atoms. The summed E-state index contributed by atoms with van der Waals surface area (Å²) in [5, 5.41) is 0.379. The van der Waals surface area contributed by atoms with Crippen LogP contribution in [0, 0.1) is 11.7 Å². The first-order valence-electron chi connectivity index (χ1n) is 9.41. The Balaban J connectivity index is 1.97. The molecule has 5 nitrogen and oxygen atoms in total. The van der Waals surface area contributed by atoms with Gasteiger partial charge in [-0.05, 0) is 38.2 Å². The molecule has 144 valence electrons. The third kappa shape index (κ3) is 3.10. The first-order chi connectivity index (χ1) is 12.9. The fraction of sp³-hybridized carbons (Fsp3) is 0.500. The Morgan fingerprint density at radius 3 is 2.70 bits per heavy atom. The summed E-state index contributed by atoms with van der Waals surface area (Å²) in [6.07, 6.45) is 4.37. The van der Waals surface area contributed by atoms with E-state index in [0.29, 0.717) is 17.1 Å². The van der Waals surface area contributed by atoms with Gasteiger partial charge in [0.15, 0.2) is 0 Å². The van der Waals surface area contributed by atoms with Crippen molar-refractivity contribution in [3.05, 3.63) is 38.9 Å². The van der Waals surface area contributed by atoms with Gasteiger partial charge >= 0.3 is 5.97 Å². The molecule has 1 aliphatic heterocycles. The molecule has 1 aromatic heterocycles. The molecular formula is C20H22ClFN2O3. The SMILES string of the molecule is CCOC(=O)c1cn(C2CC2)c2c(Cl)c(N3CCC(C)C3)c(F)cc2c1=O. The Labute approximate surface area is 161 Å². The van der Waals surface area contributed by atoms with E-state index in [1.807, 2.05) is 9.47 Å². The lowest BCUT2D eigenvalue weighted by atomic mass is 10.1. The summed E-state index contributed by atoms with van der Waals surface area (Å²) in [5.41, 5.74) is 0.246. The fourth-order valence-corrected chi connectivity index (χ4v) is 4.26. The van der Waals surface area contributed by atoms with E-state index < -0.39 is 17.2 Å². The standard InChI is InChI=1S/C20H22ClFN2O3/c1-3-27-20(26)14-10-24(12-4-5-12)17-13(19(14)25)8-15(22)18(16(17)21)23-7-6-11(2)9-23/h8,10-12H,3-7,9H2,1-2H3. The zero-order chi connectivity index (χ0) is 19.3. The Hall–Kier alpha value is -2.08. The summed E-state index contributed by atoms with van der Waals surface area (Å²) in [5.74, 6) is -0.747. The summed E-state index contributed by atoms with van der Waals surface area (Å²) in [4.78, 5) is 27.0. The van der Waals surface area contributed by atoms with Gasteiger partial charge in [0.25, 0.3) is 0 Å². The number of pyridine rings is 1. The van der Waals surface area contributed by atoms with Crippen molar-refractivity contribution in [1.82, 2.24) is 4.57 Å². The van der Waals surface area contributed by atoms with Gasteiger partial charge in [0.2, 0.25) is 5.43 Å². The highest BCUT2D eigenvalue weighted by Crippen LogP contribution is 2.42. The van der Waals surface area contributed by atoms with Crippen LogP contribution in [0.15, 0.2) is 17.1 Å². The molecule has 0 N–H and O–H groups in total. The predicted molar refractivity (Wildman–Crippen MR) is 103 cm³/mol. The van der Waals surface area contributed by atoms with Crippen LogP contribution >= 0.6 is 11.6 Å². The number of benzene rings is 1. The highest BCUT2D eigenvalue weighted by Gasteiger charge is 2.31. The molecule has 1 aliphatic carbocycles. The monoisotopic (exact) mass is 392 g/mol. The number of halogens is 2. The number of aromatic nitrogens is 1. The second-order valence-corrected chi connectivity index (χ2v) is 7.87. The quantitative estimate of drug-likeness (QED) is 0.733. The van der Waals surface area contributed by atoms with Crippen LogP contribution in [0.3, 0.4) is 0 Å². The normalized spacial score (nSPS) is 19.7. The summed E-state index contributed by atoms with van der Waals surface area (Å²) in [6.45, 7) is 5.44. The topological polar surface area (TPSA) is 51.5 Å². The number of fused-ring (bicyclic) bond motifs is 1. The average molecular weight is 393 g/mol. The zero-order valence-electron chi connectivity index (χ0n) is 15.4. The number of anilines is 1. The summed E-state index contributed by atoms with van der Waals surface area (Å²) in [6, 6.07) is 1.39. The highest BCUT2D eigenvalue weighted by molar-refractivity contribution is 6.38. The van der Waals surface area contributed by atoms with Crippen molar-refractivity contribution in [2.75, 3.05) is 24.6 Å². The van der Waals surface area contributed by atoms with E-state index in [0.717, 1.165) is 32.4 Å². The smallest absolute Gasteiger partial charge is 0.343 e. The maximum absolute atomic E-state index is 15.0. The summed E-state index contributed by atoms with van der Waals surface area (Å²) < 4.78 is 21.8. The first kappa shape index (κ1) is 18.3. The second kappa shape index (κ2) is 6.82. The van der Waals surface area contributed by atoms with Gasteiger partial charge in [0, 0.05) is 25.3 Å². The zero-order valence-corrected chi connectivity index (χ0v) is 16.2. The maximum atomic E-state index is 15.0. The van der Waals surface area contributed by atoms with Gasteiger partial charge < -0.3 is 14.2 Å². The highest BCUT2D eigenvalue weighted by atomic mass is 35.5. The van der Waals surface area contributed by atoms with E-state index in [-0.39, 0.29) is 28.6 Å². The van der Waals surface area contributed by atoms with Crippen molar-refractivity contribution < 1.29 is 13.9 Å². The predicted octanol–water partition coefficient (Wildman–Crippen LogP) is 4.15. The number of carbonyl (C=O) groups excluding carboxylic acids is 1. The van der Waals surface area contributed by atoms with Crippen molar-refractivity contribution in [2.45, 2.75) is 39.2 Å². The molecule has 1 unspecified atom stereocenters. The third-order valence-corrected chi connectivity index (χ3v) is 5.72. The Kier molecular flexibility index (Phi) is 4.62. The lowest BCUT2D eigenvalue weighted by Gasteiger charge is -2.23. The fourth-order valence-electron chi connectivity index (χ4n) is 3.85. The van der Waals surface area contributed by atoms with Gasteiger partial charge in [0.1, 0.15) is 11.4 Å². The van der Waals surface area contributed by atoms with Gasteiger partial charge in [-0.1, -0.05) is 18.5 Å². The van der Waals surface area contributed by atoms with E-state index in [2.05, 4.69) is 6.92 Å². The van der Waals surface area contributed by atoms with E-state index in [1.54, 1.807) is 6.92 Å². The van der Waals surface area contributed by atoms with Crippen LogP contribution in [-0.4, -0.2) is 30.2 Å². The van der Waals surface area contributed by atoms with Crippen molar-refractivity contribution in [2.24, 2.45) is 5.92 Å². The Morgan fingerprint density at radius 1 is 1.37 bits per heavy atom. The molecule has 7 heteroatoms. The van der Waals surface area contributed by atoms with E-state index in [9.17, 15) is 14.0 Å². The van der Waals surface area contributed by atoms with Crippen LogP contribution in [0.25, 0.3) is 10.9 Å². The molecule has 2 fully saturated rings. The minimum Gasteiger partial charge on any atom is -0.462 e. The molecule has 4 rings (SSSR count). The summed E-state index contributed by atoms with van der Waals surface area (Å²) in [7, 11) is 0. The van der Waals surface area contributed by atoms with Gasteiger partial charge in [-0.25, -0.2) is 9.18 Å². The lowest BCUT2D eigenvalue weighted by molar-refractivity contribution is 0.0524. The number of hydrogen-bond donors (Lipinski definition) is 0. The molecule has 1 saturated heterocycles. The van der Waals surface area contributed by atoms with Crippen LogP contribution in [0.5, 0.6) is 0 Å². The molecule has 0 spiro atoms. The molecule has 2 aliphatic rings. The third-order valence-electron chi connectivity index (χ3n) is 5.36. The number of hydrogen-bond acceptors (Lipinski definition) is 4. The number of ether oxygens (including phenoxy) is 1. The van der Waals surface area contributed by atoms with Crippen molar-refractivity contribution in [3.8, 4) is 0 Å². The van der Waals surface area contributed by atoms with Crippen LogP contribution in [0.4, 0.5) is 10.1 Å². The average Bonchev–Trinajstić information content (AvgIpc) is 3.38. The molecule has 2 aromatic rings. The van der Waals surface area contributed by atoms with Crippen LogP contribution in [-0.2, 0) is 4.74 Å². The van der Waals surface area contributed by atoms with Gasteiger partial charge in [-0.15, -0.1) is 0 Å². The molecule has 2 heterocycles. The van der Waals surface area contributed by atoms with Crippen molar-refractivity contribution in [1.29, 1.82) is 0 Å². The molecule has 1 aromatic carbocycles. The Bertz CT molecular complexity index is 984. The minimum absolute atomic E-state index is 0.0748. The molecule has 0 amide bonds. The molecular weight excluding hydrogens is 371 g/mol. The Morgan fingerprint density at radius 2 is 2.11 bits per heavy atom. The van der Waals surface area contributed by atoms with Gasteiger partial charge in [-0.2, -0.15) is 0 Å². The molecule has 0 radical (unpaired) electrons. The van der Waals surface area contributed by atoms with E-state index >= 15 is 0 Å². The number of carbonyl (C=O) groups is 1. The van der Waals surface area contributed by atoms with Gasteiger partial charge in [0.05, 0.1) is 28.2 Å². The minimum atomic E-state index is -0.687. The molecule has 1 saturated carbocycles. The number of rotatable bonds is 4. The number of nitrogens with zero attached hydrogens (tertiary/aromatic N) is 2. The van der Waals surface area contributed by atoms with Crippen molar-refractivity contribution in [3.63, 3.8) is 0 Å². The lowest BCUT2D eigenvalue weighted by Crippen LogP contribution is -2.24. The molecule has 1 atom stereocenters. The number of esters is 1. The van der Waals surface area contributed by atoms with Crippen LogP contribution in [0.2, 0.25) is 5.02 Å². The van der Waals surface area contributed by atoms with Crippen LogP contribution < -0.4 is 10.3 Å². The first-order valence-corrected chi connectivity index (χ1v) is 9.79. The van der Waals surface area contributed by atoms with Crippen molar-refractivity contribution >= 4 is 34.2 Å². The van der Waals surface area contributed by atoms with Crippen LogP contribution in [0.1, 0.15) is 49.5 Å². The van der Waals surface area contributed by atoms with E-state index in [4.69, 9.17) is 16.3 Å². The summed E-state index contributed by atoms with van der Waals surface area (Å²) >= 11 is 6.66. The van der Waals surface area contributed by atoms with Gasteiger partial charge in [-0.3, -0.25) is 4.79 Å².